The summed E-state index contributed by atoms with van der Waals surface area (Å²) in [7, 11) is 0. The number of aromatic nitrogens is 2. The smallest absolute Gasteiger partial charge is 0.115 e. The molecule has 1 aliphatic rings. The van der Waals surface area contributed by atoms with Crippen molar-refractivity contribution in [1.82, 2.24) is 9.97 Å². The third-order valence-electron chi connectivity index (χ3n) is 3.69. The molecule has 3 rings (SSSR count). The van der Waals surface area contributed by atoms with Gasteiger partial charge < -0.3 is 5.32 Å². The number of nitrogens with zero attached hydrogens (tertiary/aromatic N) is 2. The van der Waals surface area contributed by atoms with E-state index < -0.39 is 0 Å². The fourth-order valence-electron chi connectivity index (χ4n) is 2.73. The van der Waals surface area contributed by atoms with Crippen molar-refractivity contribution in [2.24, 2.45) is 0 Å². The van der Waals surface area contributed by atoms with Crippen molar-refractivity contribution in [1.29, 1.82) is 0 Å². The van der Waals surface area contributed by atoms with Gasteiger partial charge in [0, 0.05) is 0 Å². The fraction of sp³-hybridized carbons (Fsp3) is 0.333. The first-order chi connectivity index (χ1) is 8.84. The van der Waals surface area contributed by atoms with Crippen LogP contribution >= 0.6 is 0 Å². The van der Waals surface area contributed by atoms with E-state index in [1.54, 1.807) is 6.33 Å². The molecule has 2 atom stereocenters. The molecule has 1 aromatic carbocycles. The summed E-state index contributed by atoms with van der Waals surface area (Å²) < 4.78 is 0. The Morgan fingerprint density at radius 1 is 1.06 bits per heavy atom. The molecule has 0 fully saturated rings. The first-order valence-electron chi connectivity index (χ1n) is 6.45. The van der Waals surface area contributed by atoms with E-state index in [-0.39, 0.29) is 0 Å². The number of nitrogens with one attached hydrogen (secondary N) is 1. The molecule has 1 heterocycles. The fourth-order valence-corrected chi connectivity index (χ4v) is 2.73. The van der Waals surface area contributed by atoms with Crippen molar-refractivity contribution >= 4 is 5.69 Å². The van der Waals surface area contributed by atoms with E-state index in [9.17, 15) is 0 Å². The zero-order valence-electron chi connectivity index (χ0n) is 10.5. The van der Waals surface area contributed by atoms with Gasteiger partial charge in [-0.25, -0.2) is 9.97 Å². The van der Waals surface area contributed by atoms with Gasteiger partial charge in [-0.15, -0.1) is 0 Å². The van der Waals surface area contributed by atoms with Crippen molar-refractivity contribution in [2.75, 3.05) is 5.32 Å². The van der Waals surface area contributed by atoms with Crippen LogP contribution in [0.3, 0.4) is 0 Å². The molecule has 0 amide bonds. The molecule has 2 unspecified atom stereocenters. The molecule has 0 radical (unpaired) electrons. The van der Waals surface area contributed by atoms with Crippen LogP contribution in [0, 0.1) is 0 Å². The van der Waals surface area contributed by atoms with E-state index >= 15 is 0 Å². The van der Waals surface area contributed by atoms with Gasteiger partial charge in [0.15, 0.2) is 0 Å². The second-order valence-electron chi connectivity index (χ2n) is 4.93. The number of anilines is 1. The Morgan fingerprint density at radius 3 is 2.56 bits per heavy atom. The summed E-state index contributed by atoms with van der Waals surface area (Å²) in [6, 6.07) is 9.10. The van der Waals surface area contributed by atoms with Crippen molar-refractivity contribution in [2.45, 2.75) is 31.7 Å². The highest BCUT2D eigenvalue weighted by atomic mass is 15.0. The van der Waals surface area contributed by atoms with Gasteiger partial charge in [-0.3, -0.25) is 0 Å². The standard InChI is InChI=1S/C15H17N3/c1-11-6-7-15(14-5-3-2-4-13(11)14)18-12-8-16-10-17-9-12/h2-5,8-11,15,18H,6-7H2,1H3. The summed E-state index contributed by atoms with van der Waals surface area (Å²) in [5.41, 5.74) is 3.88. The summed E-state index contributed by atoms with van der Waals surface area (Å²) in [4.78, 5) is 8.09. The summed E-state index contributed by atoms with van der Waals surface area (Å²) in [6.07, 6.45) is 7.60. The molecule has 0 saturated heterocycles. The minimum absolute atomic E-state index is 0.378. The van der Waals surface area contributed by atoms with Crippen molar-refractivity contribution in [3.8, 4) is 0 Å². The zero-order valence-corrected chi connectivity index (χ0v) is 10.5. The van der Waals surface area contributed by atoms with Crippen LogP contribution in [0.5, 0.6) is 0 Å². The molecule has 18 heavy (non-hydrogen) atoms. The highest BCUT2D eigenvalue weighted by Crippen LogP contribution is 2.38. The average Bonchev–Trinajstić information content (AvgIpc) is 2.44. The van der Waals surface area contributed by atoms with Crippen LogP contribution in [0.1, 0.15) is 42.9 Å². The quantitative estimate of drug-likeness (QED) is 0.871. The largest absolute Gasteiger partial charge is 0.376 e. The molecule has 0 aliphatic heterocycles. The number of hydrogen-bond acceptors (Lipinski definition) is 3. The topological polar surface area (TPSA) is 37.8 Å². The third-order valence-corrected chi connectivity index (χ3v) is 3.69. The Labute approximate surface area is 107 Å². The Bertz CT molecular complexity index is 524. The van der Waals surface area contributed by atoms with Crippen LogP contribution in [-0.2, 0) is 0 Å². The second-order valence-corrected chi connectivity index (χ2v) is 4.93. The van der Waals surface area contributed by atoms with Gasteiger partial charge in [0.05, 0.1) is 24.1 Å². The molecule has 3 nitrogen and oxygen atoms in total. The van der Waals surface area contributed by atoms with Crippen molar-refractivity contribution in [3.63, 3.8) is 0 Å². The Hall–Kier alpha value is -1.90. The molecule has 1 N–H and O–H groups in total. The lowest BCUT2D eigenvalue weighted by atomic mass is 9.81. The predicted octanol–water partition coefficient (Wildman–Crippen LogP) is 3.53. The molecule has 0 bridgehead atoms. The number of hydrogen-bond donors (Lipinski definition) is 1. The zero-order chi connectivity index (χ0) is 12.4. The van der Waals surface area contributed by atoms with Gasteiger partial charge in [-0.1, -0.05) is 31.2 Å². The minimum atomic E-state index is 0.378. The van der Waals surface area contributed by atoms with Gasteiger partial charge in [0.2, 0.25) is 0 Å². The first kappa shape index (κ1) is 11.2. The summed E-state index contributed by atoms with van der Waals surface area (Å²) in [5, 5.41) is 3.53. The van der Waals surface area contributed by atoms with Gasteiger partial charge >= 0.3 is 0 Å². The second kappa shape index (κ2) is 4.77. The molecular formula is C15H17N3. The lowest BCUT2D eigenvalue weighted by Gasteiger charge is -2.30. The predicted molar refractivity (Wildman–Crippen MR) is 72.5 cm³/mol. The molecule has 0 saturated carbocycles. The minimum Gasteiger partial charge on any atom is -0.376 e. The molecule has 92 valence electrons. The van der Waals surface area contributed by atoms with E-state index in [1.807, 2.05) is 12.4 Å². The van der Waals surface area contributed by atoms with Gasteiger partial charge in [0.1, 0.15) is 6.33 Å². The van der Waals surface area contributed by atoms with Gasteiger partial charge in [-0.05, 0) is 29.9 Å². The van der Waals surface area contributed by atoms with E-state index in [2.05, 4.69) is 46.5 Å². The lowest BCUT2D eigenvalue weighted by molar-refractivity contribution is 0.534. The maximum absolute atomic E-state index is 4.05. The van der Waals surface area contributed by atoms with Crippen LogP contribution in [-0.4, -0.2) is 9.97 Å². The number of rotatable bonds is 2. The van der Waals surface area contributed by atoms with E-state index in [4.69, 9.17) is 0 Å². The number of fused-ring (bicyclic) bond motifs is 1. The Morgan fingerprint density at radius 2 is 1.78 bits per heavy atom. The van der Waals surface area contributed by atoms with Crippen LogP contribution in [0.25, 0.3) is 0 Å². The Balaban J connectivity index is 1.89. The van der Waals surface area contributed by atoms with Gasteiger partial charge in [-0.2, -0.15) is 0 Å². The van der Waals surface area contributed by atoms with Crippen LogP contribution in [0.15, 0.2) is 43.0 Å². The average molecular weight is 239 g/mol. The molecule has 3 heteroatoms. The van der Waals surface area contributed by atoms with Crippen LogP contribution < -0.4 is 5.32 Å². The van der Waals surface area contributed by atoms with E-state index in [0.29, 0.717) is 12.0 Å². The van der Waals surface area contributed by atoms with Gasteiger partial charge in [0.25, 0.3) is 0 Å². The monoisotopic (exact) mass is 239 g/mol. The third kappa shape index (κ3) is 2.08. The van der Waals surface area contributed by atoms with Crippen LogP contribution in [0.2, 0.25) is 0 Å². The highest BCUT2D eigenvalue weighted by molar-refractivity contribution is 5.44. The SMILES string of the molecule is CC1CCC(Nc2cncnc2)c2ccccc21. The first-order valence-corrected chi connectivity index (χ1v) is 6.45. The molecule has 2 aromatic rings. The molecular weight excluding hydrogens is 222 g/mol. The maximum atomic E-state index is 4.05. The molecule has 0 spiro atoms. The van der Waals surface area contributed by atoms with Crippen molar-refractivity contribution < 1.29 is 0 Å². The molecule has 1 aliphatic carbocycles. The lowest BCUT2D eigenvalue weighted by Crippen LogP contribution is -2.19. The number of benzene rings is 1. The highest BCUT2D eigenvalue weighted by Gasteiger charge is 2.24. The Kier molecular flexibility index (Phi) is 2.97. The summed E-state index contributed by atoms with van der Waals surface area (Å²) in [5.74, 6) is 0.659. The normalized spacial score (nSPS) is 22.3. The summed E-state index contributed by atoms with van der Waals surface area (Å²) >= 11 is 0. The summed E-state index contributed by atoms with van der Waals surface area (Å²) in [6.45, 7) is 2.31. The van der Waals surface area contributed by atoms with E-state index in [0.717, 1.165) is 12.1 Å². The van der Waals surface area contributed by atoms with Crippen LogP contribution in [0.4, 0.5) is 5.69 Å². The molecule has 1 aromatic heterocycles. The van der Waals surface area contributed by atoms with Crippen molar-refractivity contribution in [3.05, 3.63) is 54.1 Å². The van der Waals surface area contributed by atoms with E-state index in [1.165, 1.54) is 17.5 Å². The maximum Gasteiger partial charge on any atom is 0.115 e.